The molecule has 2 atom stereocenters. The first kappa shape index (κ1) is 21.1. The van der Waals surface area contributed by atoms with Crippen molar-refractivity contribution in [2.75, 3.05) is 19.8 Å². The van der Waals surface area contributed by atoms with Crippen LogP contribution in [0.5, 0.6) is 5.75 Å². The SMILES string of the molecule is Cc1oc(-c2ccccc2)nc1C(C)Oc1ccc(CN2CCOCC2C(=O)O)cc1. The lowest BCUT2D eigenvalue weighted by molar-refractivity contribution is -0.150. The van der Waals surface area contributed by atoms with E-state index in [1.807, 2.05) is 73.3 Å². The summed E-state index contributed by atoms with van der Waals surface area (Å²) in [6, 6.07) is 16.9. The van der Waals surface area contributed by atoms with Gasteiger partial charge in [-0.05, 0) is 43.7 Å². The molecule has 7 nitrogen and oxygen atoms in total. The smallest absolute Gasteiger partial charge is 0.323 e. The highest BCUT2D eigenvalue weighted by Gasteiger charge is 2.29. The molecular weight excluding hydrogens is 396 g/mol. The van der Waals surface area contributed by atoms with Gasteiger partial charge in [0, 0.05) is 18.7 Å². The molecule has 7 heteroatoms. The minimum Gasteiger partial charge on any atom is -0.484 e. The van der Waals surface area contributed by atoms with Gasteiger partial charge in [-0.2, -0.15) is 0 Å². The Labute approximate surface area is 181 Å². The predicted octanol–water partition coefficient (Wildman–Crippen LogP) is 4.08. The van der Waals surface area contributed by atoms with Crippen LogP contribution in [0.25, 0.3) is 11.5 Å². The van der Waals surface area contributed by atoms with Gasteiger partial charge in [0.1, 0.15) is 29.3 Å². The zero-order chi connectivity index (χ0) is 21.8. The number of ether oxygens (including phenoxy) is 2. The standard InChI is InChI=1S/C24H26N2O5/c1-16(22-17(2)31-23(25-22)19-6-4-3-5-7-19)30-20-10-8-18(9-11-20)14-26-12-13-29-15-21(26)24(27)28/h3-11,16,21H,12-15H2,1-2H3,(H,27,28). The summed E-state index contributed by atoms with van der Waals surface area (Å²) in [5.74, 6) is 1.18. The number of oxazole rings is 1. The molecule has 3 aromatic rings. The number of carboxylic acids is 1. The monoisotopic (exact) mass is 422 g/mol. The van der Waals surface area contributed by atoms with E-state index in [4.69, 9.17) is 13.9 Å². The van der Waals surface area contributed by atoms with Crippen LogP contribution in [0.2, 0.25) is 0 Å². The Morgan fingerprint density at radius 1 is 1.23 bits per heavy atom. The highest BCUT2D eigenvalue weighted by molar-refractivity contribution is 5.73. The number of hydrogen-bond donors (Lipinski definition) is 1. The zero-order valence-corrected chi connectivity index (χ0v) is 17.7. The predicted molar refractivity (Wildman–Crippen MR) is 115 cm³/mol. The summed E-state index contributed by atoms with van der Waals surface area (Å²) in [4.78, 5) is 18.0. The van der Waals surface area contributed by atoms with Crippen LogP contribution in [-0.4, -0.2) is 46.8 Å². The fourth-order valence-electron chi connectivity index (χ4n) is 3.71. The van der Waals surface area contributed by atoms with Crippen molar-refractivity contribution < 1.29 is 23.8 Å². The first-order valence-corrected chi connectivity index (χ1v) is 10.3. The van der Waals surface area contributed by atoms with Crippen LogP contribution in [0.15, 0.2) is 59.0 Å². The van der Waals surface area contributed by atoms with Crippen molar-refractivity contribution in [3.8, 4) is 17.2 Å². The van der Waals surface area contributed by atoms with Gasteiger partial charge in [-0.3, -0.25) is 9.69 Å². The number of rotatable bonds is 7. The Bertz CT molecular complexity index is 1020. The van der Waals surface area contributed by atoms with Gasteiger partial charge >= 0.3 is 5.97 Å². The van der Waals surface area contributed by atoms with Crippen LogP contribution in [-0.2, 0) is 16.1 Å². The quantitative estimate of drug-likeness (QED) is 0.614. The molecule has 2 unspecified atom stereocenters. The molecular formula is C24H26N2O5. The molecule has 162 valence electrons. The van der Waals surface area contributed by atoms with Crippen molar-refractivity contribution in [2.24, 2.45) is 0 Å². The molecule has 1 aromatic heterocycles. The maximum atomic E-state index is 11.4. The molecule has 2 heterocycles. The van der Waals surface area contributed by atoms with E-state index >= 15 is 0 Å². The van der Waals surface area contributed by atoms with Crippen LogP contribution in [0.3, 0.4) is 0 Å². The lowest BCUT2D eigenvalue weighted by Crippen LogP contribution is -2.49. The van der Waals surface area contributed by atoms with E-state index in [-0.39, 0.29) is 12.7 Å². The number of aliphatic carboxylic acids is 1. The second-order valence-electron chi connectivity index (χ2n) is 7.63. The third kappa shape index (κ3) is 4.95. The van der Waals surface area contributed by atoms with E-state index in [2.05, 4.69) is 4.98 Å². The molecule has 0 aliphatic carbocycles. The first-order valence-electron chi connectivity index (χ1n) is 10.3. The van der Waals surface area contributed by atoms with E-state index in [0.717, 1.165) is 28.3 Å². The molecule has 1 saturated heterocycles. The third-order valence-electron chi connectivity index (χ3n) is 5.38. The fourth-order valence-corrected chi connectivity index (χ4v) is 3.71. The van der Waals surface area contributed by atoms with E-state index < -0.39 is 12.0 Å². The van der Waals surface area contributed by atoms with Gasteiger partial charge in [0.25, 0.3) is 0 Å². The van der Waals surface area contributed by atoms with E-state index in [9.17, 15) is 9.90 Å². The summed E-state index contributed by atoms with van der Waals surface area (Å²) in [7, 11) is 0. The molecule has 4 rings (SSSR count). The number of aryl methyl sites for hydroxylation is 1. The lowest BCUT2D eigenvalue weighted by atomic mass is 10.1. The fraction of sp³-hybridized carbons (Fsp3) is 0.333. The summed E-state index contributed by atoms with van der Waals surface area (Å²) in [5, 5.41) is 9.38. The van der Waals surface area contributed by atoms with Gasteiger partial charge < -0.3 is 19.0 Å². The van der Waals surface area contributed by atoms with Crippen molar-refractivity contribution in [1.82, 2.24) is 9.88 Å². The van der Waals surface area contributed by atoms with Crippen molar-refractivity contribution in [2.45, 2.75) is 32.5 Å². The van der Waals surface area contributed by atoms with Gasteiger partial charge in [-0.25, -0.2) is 4.98 Å². The number of benzene rings is 2. The number of hydrogen-bond acceptors (Lipinski definition) is 6. The Morgan fingerprint density at radius 3 is 2.68 bits per heavy atom. The molecule has 1 N–H and O–H groups in total. The molecule has 1 fully saturated rings. The highest BCUT2D eigenvalue weighted by atomic mass is 16.5. The molecule has 1 aliphatic rings. The van der Waals surface area contributed by atoms with E-state index in [1.54, 1.807) is 0 Å². The minimum atomic E-state index is -0.855. The van der Waals surface area contributed by atoms with Crippen molar-refractivity contribution in [3.05, 3.63) is 71.6 Å². The number of carbonyl (C=O) groups is 1. The topological polar surface area (TPSA) is 85.0 Å². The van der Waals surface area contributed by atoms with E-state index in [0.29, 0.717) is 25.6 Å². The zero-order valence-electron chi connectivity index (χ0n) is 17.7. The van der Waals surface area contributed by atoms with Crippen LogP contribution in [0.1, 0.15) is 30.0 Å². The maximum absolute atomic E-state index is 11.4. The number of carboxylic acid groups (broad SMARTS) is 1. The van der Waals surface area contributed by atoms with Crippen molar-refractivity contribution in [1.29, 1.82) is 0 Å². The molecule has 1 aliphatic heterocycles. The molecule has 0 radical (unpaired) electrons. The third-order valence-corrected chi connectivity index (χ3v) is 5.38. The second kappa shape index (κ2) is 9.32. The van der Waals surface area contributed by atoms with Crippen LogP contribution in [0.4, 0.5) is 0 Å². The Kier molecular flexibility index (Phi) is 6.34. The Balaban J connectivity index is 1.41. The van der Waals surface area contributed by atoms with Gasteiger partial charge in [0.2, 0.25) is 5.89 Å². The second-order valence-corrected chi connectivity index (χ2v) is 7.63. The summed E-state index contributed by atoms with van der Waals surface area (Å²) in [6.45, 7) is 5.75. The van der Waals surface area contributed by atoms with Crippen LogP contribution in [0, 0.1) is 6.92 Å². The Morgan fingerprint density at radius 2 is 1.97 bits per heavy atom. The number of morpholine rings is 1. The average molecular weight is 422 g/mol. The highest BCUT2D eigenvalue weighted by Crippen LogP contribution is 2.28. The minimum absolute atomic E-state index is 0.218. The number of aromatic nitrogens is 1. The van der Waals surface area contributed by atoms with Crippen LogP contribution >= 0.6 is 0 Å². The molecule has 0 spiro atoms. The first-order chi connectivity index (χ1) is 15.0. The van der Waals surface area contributed by atoms with Gasteiger partial charge in [-0.15, -0.1) is 0 Å². The molecule has 2 aromatic carbocycles. The number of nitrogens with zero attached hydrogens (tertiary/aromatic N) is 2. The largest absolute Gasteiger partial charge is 0.484 e. The molecule has 0 saturated carbocycles. The summed E-state index contributed by atoms with van der Waals surface area (Å²) < 4.78 is 17.2. The van der Waals surface area contributed by atoms with Gasteiger partial charge in [-0.1, -0.05) is 30.3 Å². The average Bonchev–Trinajstić information content (AvgIpc) is 3.18. The normalized spacial score (nSPS) is 17.9. The van der Waals surface area contributed by atoms with Gasteiger partial charge in [0.15, 0.2) is 0 Å². The summed E-state index contributed by atoms with van der Waals surface area (Å²) in [5.41, 5.74) is 2.72. The lowest BCUT2D eigenvalue weighted by Gasteiger charge is -2.32. The molecule has 0 bridgehead atoms. The van der Waals surface area contributed by atoms with Crippen molar-refractivity contribution >= 4 is 5.97 Å². The summed E-state index contributed by atoms with van der Waals surface area (Å²) >= 11 is 0. The van der Waals surface area contributed by atoms with Crippen LogP contribution < -0.4 is 4.74 Å². The summed E-state index contributed by atoms with van der Waals surface area (Å²) in [6.07, 6.45) is -0.275. The van der Waals surface area contributed by atoms with Crippen molar-refractivity contribution in [3.63, 3.8) is 0 Å². The maximum Gasteiger partial charge on any atom is 0.323 e. The van der Waals surface area contributed by atoms with Gasteiger partial charge in [0.05, 0.1) is 13.2 Å². The molecule has 0 amide bonds. The Hall–Kier alpha value is -3.16. The molecule has 31 heavy (non-hydrogen) atoms. The van der Waals surface area contributed by atoms with E-state index in [1.165, 1.54) is 0 Å².